The number of hydrogen-bond acceptors (Lipinski definition) is 2. The van der Waals surface area contributed by atoms with Crippen molar-refractivity contribution in [1.29, 1.82) is 0 Å². The molecule has 5 heteroatoms. The van der Waals surface area contributed by atoms with Gasteiger partial charge in [0.1, 0.15) is 0 Å². The molecule has 0 atom stereocenters. The van der Waals surface area contributed by atoms with Crippen LogP contribution in [0.15, 0.2) is 35.6 Å². The number of benzene rings is 1. The molecule has 1 heterocycles. The average Bonchev–Trinajstić information content (AvgIpc) is 2.96. The highest BCUT2D eigenvalue weighted by atomic mass is 32.1. The summed E-state index contributed by atoms with van der Waals surface area (Å²) in [4.78, 5) is 3.26. The van der Waals surface area contributed by atoms with Crippen LogP contribution >= 0.6 is 12.2 Å². The number of fused-ring (bicyclic) bond motifs is 1. The van der Waals surface area contributed by atoms with Crippen LogP contribution in [0, 0.1) is 17.8 Å². The number of nitrogens with zero attached hydrogens (tertiary/aromatic N) is 1. The van der Waals surface area contributed by atoms with E-state index in [4.69, 9.17) is 12.2 Å². The molecule has 1 aromatic heterocycles. The predicted molar refractivity (Wildman–Crippen MR) is 106 cm³/mol. The van der Waals surface area contributed by atoms with Gasteiger partial charge in [0.2, 0.25) is 0 Å². The summed E-state index contributed by atoms with van der Waals surface area (Å²) in [5.41, 5.74) is 5.46. The summed E-state index contributed by atoms with van der Waals surface area (Å²) in [6.07, 6.45) is 12.0. The Balaban J connectivity index is 1.24. The summed E-state index contributed by atoms with van der Waals surface area (Å²) in [6.45, 7) is 0. The van der Waals surface area contributed by atoms with Crippen molar-refractivity contribution in [1.82, 2.24) is 15.7 Å². The minimum absolute atomic E-state index is 0.231. The van der Waals surface area contributed by atoms with Crippen LogP contribution in [0.3, 0.4) is 0 Å². The Hall–Kier alpha value is -1.88. The van der Waals surface area contributed by atoms with Gasteiger partial charge in [0.05, 0.1) is 6.21 Å². The molecule has 2 aromatic rings. The Morgan fingerprint density at radius 3 is 2.52 bits per heavy atom. The SMILES string of the molecule is S=C(NN=Cc1c[nH]c2ccccc12)NC12CC3CC(CC(C3)C1)C2. The van der Waals surface area contributed by atoms with Crippen LogP contribution < -0.4 is 10.7 Å². The van der Waals surface area contributed by atoms with Crippen LogP contribution in [0.2, 0.25) is 0 Å². The number of H-pyrrole nitrogens is 1. The number of thiocarbonyl (C=S) groups is 1. The van der Waals surface area contributed by atoms with Crippen molar-refractivity contribution in [3.05, 3.63) is 36.0 Å². The molecule has 3 N–H and O–H groups in total. The molecule has 4 fully saturated rings. The molecule has 4 bridgehead atoms. The lowest BCUT2D eigenvalue weighted by atomic mass is 9.53. The minimum Gasteiger partial charge on any atom is -0.361 e. The molecule has 4 nitrogen and oxygen atoms in total. The molecule has 130 valence electrons. The van der Waals surface area contributed by atoms with Gasteiger partial charge in [-0.25, -0.2) is 0 Å². The number of hydrogen-bond donors (Lipinski definition) is 3. The molecule has 0 spiro atoms. The van der Waals surface area contributed by atoms with E-state index in [9.17, 15) is 0 Å². The van der Waals surface area contributed by atoms with E-state index in [-0.39, 0.29) is 5.54 Å². The van der Waals surface area contributed by atoms with E-state index in [1.165, 1.54) is 43.9 Å². The fourth-order valence-corrected chi connectivity index (χ4v) is 6.16. The normalized spacial score (nSPS) is 33.2. The number of hydrazone groups is 1. The molecule has 0 aliphatic heterocycles. The Bertz CT molecular complexity index is 802. The highest BCUT2D eigenvalue weighted by molar-refractivity contribution is 7.80. The van der Waals surface area contributed by atoms with Gasteiger partial charge in [-0.1, -0.05) is 18.2 Å². The van der Waals surface area contributed by atoms with Crippen molar-refractivity contribution in [2.45, 2.75) is 44.1 Å². The van der Waals surface area contributed by atoms with Gasteiger partial charge in [-0.3, -0.25) is 5.43 Å². The zero-order valence-electron chi connectivity index (χ0n) is 14.3. The molecule has 0 unspecified atom stereocenters. The van der Waals surface area contributed by atoms with E-state index < -0.39 is 0 Å². The zero-order valence-corrected chi connectivity index (χ0v) is 15.1. The molecule has 6 rings (SSSR count). The molecule has 4 aliphatic rings. The van der Waals surface area contributed by atoms with Gasteiger partial charge in [0.25, 0.3) is 0 Å². The first-order valence-electron chi connectivity index (χ1n) is 9.36. The van der Waals surface area contributed by atoms with Gasteiger partial charge in [0, 0.05) is 28.2 Å². The van der Waals surface area contributed by atoms with E-state index in [0.717, 1.165) is 28.8 Å². The van der Waals surface area contributed by atoms with E-state index in [1.807, 2.05) is 24.5 Å². The van der Waals surface area contributed by atoms with Crippen molar-refractivity contribution in [3.63, 3.8) is 0 Å². The van der Waals surface area contributed by atoms with Crippen LogP contribution in [0.4, 0.5) is 0 Å². The summed E-state index contributed by atoms with van der Waals surface area (Å²) in [5, 5.41) is 9.84. The van der Waals surface area contributed by atoms with Crippen molar-refractivity contribution >= 4 is 34.4 Å². The summed E-state index contributed by atoms with van der Waals surface area (Å²) < 4.78 is 0. The van der Waals surface area contributed by atoms with Crippen molar-refractivity contribution in [2.24, 2.45) is 22.9 Å². The highest BCUT2D eigenvalue weighted by Gasteiger charge is 2.51. The van der Waals surface area contributed by atoms with E-state index >= 15 is 0 Å². The quantitative estimate of drug-likeness (QED) is 0.446. The third-order valence-corrected chi connectivity index (χ3v) is 6.60. The lowest BCUT2D eigenvalue weighted by molar-refractivity contribution is -0.0101. The van der Waals surface area contributed by atoms with Crippen LogP contribution in [0.5, 0.6) is 0 Å². The minimum atomic E-state index is 0.231. The molecule has 4 aliphatic carbocycles. The lowest BCUT2D eigenvalue weighted by Gasteiger charge is -2.57. The molecular weight excluding hydrogens is 328 g/mol. The standard InChI is InChI=1S/C20H24N4S/c25-19(23-20-8-13-5-14(9-20)7-15(6-13)10-20)24-22-12-16-11-21-18-4-2-1-3-17(16)18/h1-4,11-15,21H,5-10H2,(H2,23,24,25). The summed E-state index contributed by atoms with van der Waals surface area (Å²) >= 11 is 5.54. The number of para-hydroxylation sites is 1. The van der Waals surface area contributed by atoms with Crippen molar-refractivity contribution < 1.29 is 0 Å². The Morgan fingerprint density at radius 1 is 1.12 bits per heavy atom. The monoisotopic (exact) mass is 352 g/mol. The zero-order chi connectivity index (χ0) is 16.9. The Kier molecular flexibility index (Phi) is 3.59. The number of aromatic nitrogens is 1. The highest BCUT2D eigenvalue weighted by Crippen LogP contribution is 2.55. The van der Waals surface area contributed by atoms with Crippen LogP contribution in [-0.4, -0.2) is 21.8 Å². The molecule has 0 saturated heterocycles. The summed E-state index contributed by atoms with van der Waals surface area (Å²) in [7, 11) is 0. The maximum absolute atomic E-state index is 5.54. The molecule has 0 amide bonds. The topological polar surface area (TPSA) is 52.2 Å². The van der Waals surface area contributed by atoms with Gasteiger partial charge in [-0.05, 0) is 74.6 Å². The first-order chi connectivity index (χ1) is 12.2. The third-order valence-electron chi connectivity index (χ3n) is 6.41. The Labute approximate surface area is 153 Å². The predicted octanol–water partition coefficient (Wildman–Crippen LogP) is 3.93. The van der Waals surface area contributed by atoms with Gasteiger partial charge in [0.15, 0.2) is 5.11 Å². The fraction of sp³-hybridized carbons (Fsp3) is 0.500. The maximum atomic E-state index is 5.54. The summed E-state index contributed by atoms with van der Waals surface area (Å²) in [5.74, 6) is 2.74. The number of rotatable bonds is 3. The second kappa shape index (κ2) is 5.84. The molecule has 25 heavy (non-hydrogen) atoms. The van der Waals surface area contributed by atoms with Crippen molar-refractivity contribution in [3.8, 4) is 0 Å². The first kappa shape index (κ1) is 15.4. The molecular formula is C20H24N4S. The third kappa shape index (κ3) is 2.84. The Morgan fingerprint density at radius 2 is 1.80 bits per heavy atom. The second-order valence-electron chi connectivity index (χ2n) is 8.31. The van der Waals surface area contributed by atoms with Gasteiger partial charge < -0.3 is 10.3 Å². The van der Waals surface area contributed by atoms with Crippen LogP contribution in [0.25, 0.3) is 10.9 Å². The van der Waals surface area contributed by atoms with E-state index in [0.29, 0.717) is 5.11 Å². The molecule has 0 radical (unpaired) electrons. The summed E-state index contributed by atoms with van der Waals surface area (Å²) in [6, 6.07) is 8.24. The molecule has 1 aromatic carbocycles. The smallest absolute Gasteiger partial charge is 0.187 e. The van der Waals surface area contributed by atoms with Gasteiger partial charge in [-0.15, -0.1) is 0 Å². The first-order valence-corrected chi connectivity index (χ1v) is 9.77. The average molecular weight is 353 g/mol. The van der Waals surface area contributed by atoms with Crippen LogP contribution in [0.1, 0.15) is 44.1 Å². The van der Waals surface area contributed by atoms with Crippen molar-refractivity contribution in [2.75, 3.05) is 0 Å². The largest absolute Gasteiger partial charge is 0.361 e. The second-order valence-corrected chi connectivity index (χ2v) is 8.72. The number of aromatic amines is 1. The lowest BCUT2D eigenvalue weighted by Crippen LogP contribution is -2.61. The van der Waals surface area contributed by atoms with Gasteiger partial charge in [-0.2, -0.15) is 5.10 Å². The molecule has 4 saturated carbocycles. The van der Waals surface area contributed by atoms with E-state index in [1.54, 1.807) is 0 Å². The maximum Gasteiger partial charge on any atom is 0.187 e. The number of nitrogens with one attached hydrogen (secondary N) is 3. The van der Waals surface area contributed by atoms with E-state index in [2.05, 4.69) is 33.0 Å². The van der Waals surface area contributed by atoms with Crippen LogP contribution in [-0.2, 0) is 0 Å². The van der Waals surface area contributed by atoms with Gasteiger partial charge >= 0.3 is 0 Å². The fourth-order valence-electron chi connectivity index (χ4n) is 5.89.